The van der Waals surface area contributed by atoms with E-state index in [0.29, 0.717) is 12.1 Å². The normalized spacial score (nSPS) is 10.4. The maximum atomic E-state index is 12.7. The number of benzene rings is 1. The topological polar surface area (TPSA) is 66.4 Å². The Morgan fingerprint density at radius 3 is 2.32 bits per heavy atom. The molecule has 0 bridgehead atoms. The molecule has 3 rings (SSSR count). The molecule has 6 nitrogen and oxygen atoms in total. The number of nitrogens with zero attached hydrogens (tertiary/aromatic N) is 4. The fourth-order valence-corrected chi connectivity index (χ4v) is 2.79. The van der Waals surface area contributed by atoms with E-state index < -0.39 is 0 Å². The Balaban J connectivity index is 1.69. The molecular weight excluding hydrogens is 352 g/mol. The zero-order valence-electron chi connectivity index (χ0n) is 15.9. The minimum Gasteiger partial charge on any atom is -0.341 e. The second-order valence-corrected chi connectivity index (χ2v) is 6.46. The molecule has 142 valence electrons. The number of pyridine rings is 2. The van der Waals surface area contributed by atoms with Crippen LogP contribution in [0, 0.1) is 0 Å². The highest BCUT2D eigenvalue weighted by molar-refractivity contribution is 6.06. The van der Waals surface area contributed by atoms with Crippen LogP contribution in [0.1, 0.15) is 26.4 Å². The van der Waals surface area contributed by atoms with E-state index >= 15 is 0 Å². The molecule has 0 spiro atoms. The molecule has 2 heterocycles. The molecule has 3 aromatic rings. The van der Waals surface area contributed by atoms with Gasteiger partial charge in [-0.1, -0.05) is 18.2 Å². The maximum absolute atomic E-state index is 12.7. The van der Waals surface area contributed by atoms with Gasteiger partial charge in [0.2, 0.25) is 0 Å². The minimum atomic E-state index is -0.264. The first kappa shape index (κ1) is 19.2. The molecule has 2 amide bonds. The largest absolute Gasteiger partial charge is 0.341 e. The Hall–Kier alpha value is -3.54. The van der Waals surface area contributed by atoms with E-state index in [-0.39, 0.29) is 17.5 Å². The summed E-state index contributed by atoms with van der Waals surface area (Å²) in [5, 5.41) is 0. The van der Waals surface area contributed by atoms with Gasteiger partial charge in [-0.15, -0.1) is 0 Å². The Morgan fingerprint density at radius 2 is 1.61 bits per heavy atom. The standard InChI is InChI=1S/C22H22N4O2/c1-25(15-11-17-8-12-23-13-9-17)21(27)18-10-14-24-20(16-18)22(28)26(2)19-6-4-3-5-7-19/h3-10,12-14,16H,11,15H2,1-2H3. The Morgan fingerprint density at radius 1 is 0.893 bits per heavy atom. The van der Waals surface area contributed by atoms with E-state index in [4.69, 9.17) is 0 Å². The number of amides is 2. The third-order valence-corrected chi connectivity index (χ3v) is 4.51. The van der Waals surface area contributed by atoms with E-state index in [1.54, 1.807) is 43.5 Å². The Bertz CT molecular complexity index is 945. The molecule has 0 aliphatic rings. The molecule has 0 radical (unpaired) electrons. The van der Waals surface area contributed by atoms with Crippen LogP contribution in [0.3, 0.4) is 0 Å². The van der Waals surface area contributed by atoms with Crippen LogP contribution < -0.4 is 4.90 Å². The molecule has 0 atom stereocenters. The quantitative estimate of drug-likeness (QED) is 0.665. The van der Waals surface area contributed by atoms with Crippen molar-refractivity contribution in [2.24, 2.45) is 0 Å². The smallest absolute Gasteiger partial charge is 0.276 e. The summed E-state index contributed by atoms with van der Waals surface area (Å²) in [7, 11) is 3.44. The Labute approximate surface area is 164 Å². The predicted molar refractivity (Wildman–Crippen MR) is 108 cm³/mol. The van der Waals surface area contributed by atoms with Gasteiger partial charge in [0.15, 0.2) is 0 Å². The zero-order chi connectivity index (χ0) is 19.9. The summed E-state index contributed by atoms with van der Waals surface area (Å²) in [5.74, 6) is -0.409. The fraction of sp³-hybridized carbons (Fsp3) is 0.182. The number of carbonyl (C=O) groups is 2. The molecular formula is C22H22N4O2. The van der Waals surface area contributed by atoms with Crippen molar-refractivity contribution in [1.82, 2.24) is 14.9 Å². The lowest BCUT2D eigenvalue weighted by Gasteiger charge is -2.19. The van der Waals surface area contributed by atoms with Crippen LogP contribution in [-0.2, 0) is 6.42 Å². The van der Waals surface area contributed by atoms with Gasteiger partial charge in [0.05, 0.1) is 0 Å². The molecule has 0 aliphatic carbocycles. The summed E-state index contributed by atoms with van der Waals surface area (Å²) in [6.07, 6.45) is 5.71. The zero-order valence-corrected chi connectivity index (χ0v) is 15.9. The van der Waals surface area contributed by atoms with Gasteiger partial charge in [-0.3, -0.25) is 19.6 Å². The number of hydrogen-bond donors (Lipinski definition) is 0. The van der Waals surface area contributed by atoms with Crippen molar-refractivity contribution in [1.29, 1.82) is 0 Å². The molecule has 0 unspecified atom stereocenters. The van der Waals surface area contributed by atoms with Gasteiger partial charge >= 0.3 is 0 Å². The number of para-hydroxylation sites is 1. The van der Waals surface area contributed by atoms with Crippen LogP contribution in [0.2, 0.25) is 0 Å². The summed E-state index contributed by atoms with van der Waals surface area (Å²) in [4.78, 5) is 36.8. The van der Waals surface area contributed by atoms with E-state index in [9.17, 15) is 9.59 Å². The van der Waals surface area contributed by atoms with E-state index in [1.165, 1.54) is 11.1 Å². The lowest BCUT2D eigenvalue weighted by molar-refractivity contribution is 0.0796. The summed E-state index contributed by atoms with van der Waals surface area (Å²) in [6.45, 7) is 0.568. The number of carbonyl (C=O) groups excluding carboxylic acids is 2. The van der Waals surface area contributed by atoms with Crippen LogP contribution in [-0.4, -0.2) is 47.3 Å². The highest BCUT2D eigenvalue weighted by atomic mass is 16.2. The van der Waals surface area contributed by atoms with E-state index in [2.05, 4.69) is 9.97 Å². The fourth-order valence-electron chi connectivity index (χ4n) is 2.79. The first-order valence-electron chi connectivity index (χ1n) is 9.00. The number of hydrogen-bond acceptors (Lipinski definition) is 4. The highest BCUT2D eigenvalue weighted by Gasteiger charge is 2.18. The predicted octanol–water partition coefficient (Wildman–Crippen LogP) is 3.07. The molecule has 2 aromatic heterocycles. The first-order chi connectivity index (χ1) is 13.6. The Kier molecular flexibility index (Phi) is 6.11. The van der Waals surface area contributed by atoms with Gasteiger partial charge in [0, 0.05) is 50.5 Å². The van der Waals surface area contributed by atoms with Gasteiger partial charge in [-0.05, 0) is 48.4 Å². The molecule has 0 saturated heterocycles. The van der Waals surface area contributed by atoms with Gasteiger partial charge in [0.1, 0.15) is 5.69 Å². The maximum Gasteiger partial charge on any atom is 0.276 e. The second kappa shape index (κ2) is 8.90. The van der Waals surface area contributed by atoms with Crippen LogP contribution in [0.4, 0.5) is 5.69 Å². The number of anilines is 1. The minimum absolute atomic E-state index is 0.145. The molecule has 6 heteroatoms. The molecule has 0 saturated carbocycles. The molecule has 28 heavy (non-hydrogen) atoms. The monoisotopic (exact) mass is 374 g/mol. The van der Waals surface area contributed by atoms with Crippen LogP contribution in [0.25, 0.3) is 0 Å². The number of rotatable bonds is 6. The highest BCUT2D eigenvalue weighted by Crippen LogP contribution is 2.15. The molecule has 0 N–H and O–H groups in total. The lowest BCUT2D eigenvalue weighted by atomic mass is 10.1. The number of likely N-dealkylation sites (N-methyl/N-ethyl adjacent to an activating group) is 1. The van der Waals surface area contributed by atoms with Crippen molar-refractivity contribution in [2.75, 3.05) is 25.5 Å². The van der Waals surface area contributed by atoms with Gasteiger partial charge in [-0.25, -0.2) is 0 Å². The van der Waals surface area contributed by atoms with Crippen LogP contribution >= 0.6 is 0 Å². The third-order valence-electron chi connectivity index (χ3n) is 4.51. The SMILES string of the molecule is CN(CCc1ccncc1)C(=O)c1ccnc(C(=O)N(C)c2ccccc2)c1. The van der Waals surface area contributed by atoms with Crippen LogP contribution in [0.5, 0.6) is 0 Å². The van der Waals surface area contributed by atoms with Crippen LogP contribution in [0.15, 0.2) is 73.2 Å². The van der Waals surface area contributed by atoms with Crippen molar-refractivity contribution < 1.29 is 9.59 Å². The summed E-state index contributed by atoms with van der Waals surface area (Å²) in [5.41, 5.74) is 2.56. The average Bonchev–Trinajstić information content (AvgIpc) is 2.77. The van der Waals surface area contributed by atoms with Crippen molar-refractivity contribution in [3.63, 3.8) is 0 Å². The number of aromatic nitrogens is 2. The van der Waals surface area contributed by atoms with Gasteiger partial charge < -0.3 is 9.80 Å². The molecule has 0 aliphatic heterocycles. The first-order valence-corrected chi connectivity index (χ1v) is 9.00. The van der Waals surface area contributed by atoms with Gasteiger partial charge in [0.25, 0.3) is 11.8 Å². The van der Waals surface area contributed by atoms with Crippen molar-refractivity contribution >= 4 is 17.5 Å². The summed E-state index contributed by atoms with van der Waals surface area (Å²) >= 11 is 0. The lowest BCUT2D eigenvalue weighted by Crippen LogP contribution is -2.30. The summed E-state index contributed by atoms with van der Waals surface area (Å²) < 4.78 is 0. The van der Waals surface area contributed by atoms with Crippen molar-refractivity contribution in [3.05, 3.63) is 90.0 Å². The third kappa shape index (κ3) is 4.59. The van der Waals surface area contributed by atoms with E-state index in [0.717, 1.165) is 17.7 Å². The van der Waals surface area contributed by atoms with Crippen molar-refractivity contribution in [3.8, 4) is 0 Å². The summed E-state index contributed by atoms with van der Waals surface area (Å²) in [6, 6.07) is 16.4. The molecule has 1 aromatic carbocycles. The van der Waals surface area contributed by atoms with Gasteiger partial charge in [-0.2, -0.15) is 0 Å². The average molecular weight is 374 g/mol. The van der Waals surface area contributed by atoms with E-state index in [1.807, 2.05) is 42.5 Å². The van der Waals surface area contributed by atoms with Crippen molar-refractivity contribution in [2.45, 2.75) is 6.42 Å². The molecule has 0 fully saturated rings. The second-order valence-electron chi connectivity index (χ2n) is 6.46.